The molecule has 0 aromatic heterocycles. The van der Waals surface area contributed by atoms with E-state index in [2.05, 4.69) is 5.32 Å². The molecule has 1 aliphatic rings. The number of carbonyl (C=O) groups is 2. The largest absolute Gasteiger partial charge is 0.324 e. The van der Waals surface area contributed by atoms with E-state index in [1.165, 1.54) is 4.31 Å². The number of nitrogens with one attached hydrogen (secondary N) is 1. The topological polar surface area (TPSA) is 86.8 Å². The highest BCUT2D eigenvalue weighted by Gasteiger charge is 2.32. The molecule has 166 valence electrons. The Bertz CT molecular complexity index is 1080. The number of sulfonamides is 1. The predicted molar refractivity (Wildman–Crippen MR) is 124 cm³/mol. The van der Waals surface area contributed by atoms with Crippen molar-refractivity contribution in [3.05, 3.63) is 53.6 Å². The second kappa shape index (κ2) is 9.09. The van der Waals surface area contributed by atoms with E-state index < -0.39 is 22.0 Å². The van der Waals surface area contributed by atoms with Crippen LogP contribution < -0.4 is 14.5 Å². The summed E-state index contributed by atoms with van der Waals surface area (Å²) in [4.78, 5) is 26.8. The molecule has 2 amide bonds. The molecular formula is C23H29N3O4S. The minimum Gasteiger partial charge on any atom is -0.324 e. The number of nitrogens with zero attached hydrogens (tertiary/aromatic N) is 2. The third-order valence-electron chi connectivity index (χ3n) is 5.45. The molecule has 2 aromatic rings. The number of amides is 2. The van der Waals surface area contributed by atoms with E-state index in [1.807, 2.05) is 26.0 Å². The maximum absolute atomic E-state index is 13.1. The molecule has 1 aliphatic heterocycles. The molecule has 1 saturated heterocycles. The van der Waals surface area contributed by atoms with E-state index in [0.29, 0.717) is 30.8 Å². The van der Waals surface area contributed by atoms with E-state index in [1.54, 1.807) is 42.2 Å². The van der Waals surface area contributed by atoms with Gasteiger partial charge in [0.1, 0.15) is 6.04 Å². The lowest BCUT2D eigenvalue weighted by molar-refractivity contribution is -0.118. The third-order valence-corrected chi connectivity index (χ3v) is 6.62. The van der Waals surface area contributed by atoms with Gasteiger partial charge in [-0.3, -0.25) is 13.9 Å². The monoisotopic (exact) mass is 443 g/mol. The molecule has 2 aromatic carbocycles. The van der Waals surface area contributed by atoms with Crippen LogP contribution in [0, 0.1) is 13.8 Å². The van der Waals surface area contributed by atoms with E-state index in [-0.39, 0.29) is 5.91 Å². The lowest BCUT2D eigenvalue weighted by Gasteiger charge is -2.31. The van der Waals surface area contributed by atoms with Gasteiger partial charge in [-0.2, -0.15) is 0 Å². The number of rotatable bonds is 7. The summed E-state index contributed by atoms with van der Waals surface area (Å²) in [7, 11) is -3.70. The van der Waals surface area contributed by atoms with Gasteiger partial charge in [0, 0.05) is 24.3 Å². The van der Waals surface area contributed by atoms with Gasteiger partial charge in [0.15, 0.2) is 0 Å². The molecule has 31 heavy (non-hydrogen) atoms. The van der Waals surface area contributed by atoms with Crippen molar-refractivity contribution >= 4 is 38.9 Å². The second-order valence-corrected chi connectivity index (χ2v) is 9.82. The predicted octanol–water partition coefficient (Wildman–Crippen LogP) is 3.61. The first-order valence-corrected chi connectivity index (χ1v) is 12.2. The lowest BCUT2D eigenvalue weighted by atomic mass is 10.1. The third kappa shape index (κ3) is 5.07. The minimum atomic E-state index is -3.70. The zero-order valence-corrected chi connectivity index (χ0v) is 19.2. The van der Waals surface area contributed by atoms with Crippen LogP contribution in [0.3, 0.4) is 0 Å². The number of hydrogen-bond acceptors (Lipinski definition) is 4. The maximum Gasteiger partial charge on any atom is 0.248 e. The summed E-state index contributed by atoms with van der Waals surface area (Å²) in [6, 6.07) is 11.7. The molecule has 1 heterocycles. The number of hydrogen-bond donors (Lipinski definition) is 1. The zero-order valence-electron chi connectivity index (χ0n) is 18.4. The second-order valence-electron chi connectivity index (χ2n) is 7.96. The van der Waals surface area contributed by atoms with Gasteiger partial charge in [0.25, 0.3) is 0 Å². The van der Waals surface area contributed by atoms with Crippen molar-refractivity contribution in [1.82, 2.24) is 0 Å². The molecule has 0 bridgehead atoms. The smallest absolute Gasteiger partial charge is 0.248 e. The van der Waals surface area contributed by atoms with Crippen LogP contribution in [0.25, 0.3) is 0 Å². The molecule has 7 nitrogen and oxygen atoms in total. The van der Waals surface area contributed by atoms with Crippen LogP contribution in [0.1, 0.15) is 37.3 Å². The SMILES string of the molecule is CC[C@@H](C(=O)Nc1ccc(N2CCCC2=O)cc1)N(c1cc(C)ccc1C)S(C)(=O)=O. The average Bonchev–Trinajstić information content (AvgIpc) is 3.13. The van der Waals surface area contributed by atoms with Gasteiger partial charge in [-0.1, -0.05) is 19.1 Å². The molecular weight excluding hydrogens is 414 g/mol. The Labute approximate surface area is 184 Å². The fourth-order valence-electron chi connectivity index (χ4n) is 3.86. The molecule has 8 heteroatoms. The van der Waals surface area contributed by atoms with Gasteiger partial charge in [-0.05, 0) is 68.1 Å². The number of anilines is 3. The highest BCUT2D eigenvalue weighted by atomic mass is 32.2. The Kier molecular flexibility index (Phi) is 6.69. The molecule has 0 unspecified atom stereocenters. The first kappa shape index (κ1) is 22.8. The summed E-state index contributed by atoms with van der Waals surface area (Å²) in [5, 5.41) is 2.83. The van der Waals surface area contributed by atoms with Gasteiger partial charge in [0.2, 0.25) is 21.8 Å². The average molecular weight is 444 g/mol. The molecule has 1 N–H and O–H groups in total. The van der Waals surface area contributed by atoms with Gasteiger partial charge < -0.3 is 10.2 Å². The Morgan fingerprint density at radius 1 is 1.16 bits per heavy atom. The first-order valence-electron chi connectivity index (χ1n) is 10.4. The van der Waals surface area contributed by atoms with Crippen LogP contribution in [0.4, 0.5) is 17.1 Å². The van der Waals surface area contributed by atoms with Crippen LogP contribution in [0.2, 0.25) is 0 Å². The van der Waals surface area contributed by atoms with Crippen LogP contribution in [-0.2, 0) is 19.6 Å². The van der Waals surface area contributed by atoms with Crippen molar-refractivity contribution in [1.29, 1.82) is 0 Å². The van der Waals surface area contributed by atoms with Crippen molar-refractivity contribution in [3.8, 4) is 0 Å². The normalized spacial score (nSPS) is 15.1. The molecule has 1 atom stereocenters. The molecule has 3 rings (SSSR count). The summed E-state index contributed by atoms with van der Waals surface area (Å²) in [6.45, 7) is 6.20. The van der Waals surface area contributed by atoms with E-state index in [9.17, 15) is 18.0 Å². The number of benzene rings is 2. The first-order chi connectivity index (χ1) is 14.6. The summed E-state index contributed by atoms with van der Waals surface area (Å²) >= 11 is 0. The number of carbonyl (C=O) groups excluding carboxylic acids is 2. The Morgan fingerprint density at radius 3 is 2.39 bits per heavy atom. The van der Waals surface area contributed by atoms with Crippen LogP contribution in [0.15, 0.2) is 42.5 Å². The van der Waals surface area contributed by atoms with Gasteiger partial charge in [0.05, 0.1) is 11.9 Å². The summed E-state index contributed by atoms with van der Waals surface area (Å²) in [6.07, 6.45) is 2.82. The fourth-order valence-corrected chi connectivity index (χ4v) is 5.12. The van der Waals surface area contributed by atoms with Crippen molar-refractivity contribution in [2.45, 2.75) is 46.1 Å². The quantitative estimate of drug-likeness (QED) is 0.708. The fraction of sp³-hybridized carbons (Fsp3) is 0.391. The lowest BCUT2D eigenvalue weighted by Crippen LogP contribution is -2.47. The Morgan fingerprint density at radius 2 is 1.84 bits per heavy atom. The molecule has 0 radical (unpaired) electrons. The highest BCUT2D eigenvalue weighted by molar-refractivity contribution is 7.92. The van der Waals surface area contributed by atoms with Crippen molar-refractivity contribution < 1.29 is 18.0 Å². The van der Waals surface area contributed by atoms with Gasteiger partial charge in [-0.15, -0.1) is 0 Å². The maximum atomic E-state index is 13.1. The van der Waals surface area contributed by atoms with E-state index in [0.717, 1.165) is 29.5 Å². The Balaban J connectivity index is 1.85. The molecule has 0 saturated carbocycles. The van der Waals surface area contributed by atoms with Crippen LogP contribution >= 0.6 is 0 Å². The van der Waals surface area contributed by atoms with Crippen molar-refractivity contribution in [3.63, 3.8) is 0 Å². The van der Waals surface area contributed by atoms with E-state index in [4.69, 9.17) is 0 Å². The van der Waals surface area contributed by atoms with Crippen molar-refractivity contribution in [2.75, 3.05) is 27.3 Å². The molecule has 0 spiro atoms. The minimum absolute atomic E-state index is 0.0974. The molecule has 0 aliphatic carbocycles. The van der Waals surface area contributed by atoms with Crippen molar-refractivity contribution in [2.24, 2.45) is 0 Å². The van der Waals surface area contributed by atoms with Gasteiger partial charge in [-0.25, -0.2) is 8.42 Å². The zero-order chi connectivity index (χ0) is 22.8. The summed E-state index contributed by atoms with van der Waals surface area (Å²) < 4.78 is 26.6. The Hall–Kier alpha value is -2.87. The van der Waals surface area contributed by atoms with Crippen LogP contribution in [-0.4, -0.2) is 39.1 Å². The van der Waals surface area contributed by atoms with Gasteiger partial charge >= 0.3 is 0 Å². The standard InChI is InChI=1S/C23H29N3O4S/c1-5-20(26(31(4,29)30)21-15-16(2)8-9-17(21)3)23(28)24-18-10-12-19(13-11-18)25-14-6-7-22(25)27/h8-13,15,20H,5-7,14H2,1-4H3,(H,24,28)/t20-/m0/s1. The highest BCUT2D eigenvalue weighted by Crippen LogP contribution is 2.28. The summed E-state index contributed by atoms with van der Waals surface area (Å²) in [5.74, 6) is -0.306. The molecule has 1 fully saturated rings. The van der Waals surface area contributed by atoms with E-state index >= 15 is 0 Å². The summed E-state index contributed by atoms with van der Waals surface area (Å²) in [5.41, 5.74) is 3.54. The number of aryl methyl sites for hydroxylation is 2. The van der Waals surface area contributed by atoms with Crippen LogP contribution in [0.5, 0.6) is 0 Å².